The molecule has 4 heteroatoms. The van der Waals surface area contributed by atoms with Gasteiger partial charge in [-0.25, -0.2) is 0 Å². The summed E-state index contributed by atoms with van der Waals surface area (Å²) in [4.78, 5) is 15.4. The Morgan fingerprint density at radius 1 is 1.31 bits per heavy atom. The third-order valence-electron chi connectivity index (χ3n) is 3.04. The highest BCUT2D eigenvalue weighted by molar-refractivity contribution is 5.77. The second-order valence-electron chi connectivity index (χ2n) is 4.86. The number of hydrogen-bond acceptors (Lipinski definition) is 3. The van der Waals surface area contributed by atoms with Crippen LogP contribution in [0, 0.1) is 11.8 Å². The third kappa shape index (κ3) is 5.47. The van der Waals surface area contributed by atoms with E-state index in [1.165, 1.54) is 0 Å². The largest absolute Gasteiger partial charge is 0.348 e. The zero-order valence-electron chi connectivity index (χ0n) is 11.4. The summed E-state index contributed by atoms with van der Waals surface area (Å²) in [5, 5.41) is 0. The van der Waals surface area contributed by atoms with Gasteiger partial charge in [-0.3, -0.25) is 9.69 Å². The molecule has 0 aromatic carbocycles. The molecule has 16 heavy (non-hydrogen) atoms. The molecule has 0 aromatic rings. The van der Waals surface area contributed by atoms with E-state index in [0.717, 1.165) is 13.1 Å². The normalized spacial score (nSPS) is 13.2. The molecule has 0 heterocycles. The van der Waals surface area contributed by atoms with Crippen LogP contribution < -0.4 is 5.73 Å². The number of likely N-dealkylation sites (N-methyl/N-ethyl adjacent to an activating group) is 2. The molecule has 1 amide bonds. The summed E-state index contributed by atoms with van der Waals surface area (Å²) in [5.41, 5.74) is 5.75. The molecule has 0 saturated heterocycles. The van der Waals surface area contributed by atoms with Crippen molar-refractivity contribution in [2.45, 2.75) is 20.8 Å². The average molecular weight is 229 g/mol. The minimum absolute atomic E-state index is 0.154. The highest BCUT2D eigenvalue weighted by Gasteiger charge is 2.17. The number of rotatable bonds is 7. The Balaban J connectivity index is 4.23. The van der Waals surface area contributed by atoms with Crippen molar-refractivity contribution in [3.8, 4) is 0 Å². The van der Waals surface area contributed by atoms with Crippen LogP contribution in [-0.4, -0.2) is 56.0 Å². The van der Waals surface area contributed by atoms with E-state index < -0.39 is 0 Å². The Morgan fingerprint density at radius 2 is 1.88 bits per heavy atom. The van der Waals surface area contributed by atoms with Gasteiger partial charge in [-0.2, -0.15) is 0 Å². The first kappa shape index (κ1) is 15.4. The van der Waals surface area contributed by atoms with Crippen LogP contribution in [0.25, 0.3) is 0 Å². The topological polar surface area (TPSA) is 49.6 Å². The number of amides is 1. The SMILES string of the molecule is CCN(CC(=O)N(C)C)CC(CN)C(C)C. The van der Waals surface area contributed by atoms with Crippen LogP contribution >= 0.6 is 0 Å². The molecule has 0 aliphatic heterocycles. The van der Waals surface area contributed by atoms with Crippen molar-refractivity contribution in [2.24, 2.45) is 17.6 Å². The predicted octanol–water partition coefficient (Wildman–Crippen LogP) is 0.627. The van der Waals surface area contributed by atoms with Crippen molar-refractivity contribution >= 4 is 5.91 Å². The van der Waals surface area contributed by atoms with Crippen molar-refractivity contribution in [1.82, 2.24) is 9.80 Å². The number of carbonyl (C=O) groups excluding carboxylic acids is 1. The predicted molar refractivity (Wildman–Crippen MR) is 68.2 cm³/mol. The van der Waals surface area contributed by atoms with Crippen molar-refractivity contribution in [3.05, 3.63) is 0 Å². The molecule has 0 spiro atoms. The van der Waals surface area contributed by atoms with Crippen LogP contribution in [0.5, 0.6) is 0 Å². The van der Waals surface area contributed by atoms with Crippen LogP contribution in [0.4, 0.5) is 0 Å². The third-order valence-corrected chi connectivity index (χ3v) is 3.04. The molecule has 0 aliphatic rings. The Kier molecular flexibility index (Phi) is 7.34. The van der Waals surface area contributed by atoms with E-state index in [-0.39, 0.29) is 5.91 Å². The zero-order chi connectivity index (χ0) is 12.7. The molecule has 0 radical (unpaired) electrons. The van der Waals surface area contributed by atoms with Crippen LogP contribution in [0.1, 0.15) is 20.8 Å². The number of hydrogen-bond donors (Lipinski definition) is 1. The van der Waals surface area contributed by atoms with E-state index in [1.807, 2.05) is 0 Å². The Bertz CT molecular complexity index is 204. The monoisotopic (exact) mass is 229 g/mol. The van der Waals surface area contributed by atoms with Gasteiger partial charge in [-0.05, 0) is 24.9 Å². The van der Waals surface area contributed by atoms with Crippen LogP contribution in [0.2, 0.25) is 0 Å². The molecule has 0 rings (SSSR count). The highest BCUT2D eigenvalue weighted by Crippen LogP contribution is 2.11. The molecule has 0 saturated carbocycles. The smallest absolute Gasteiger partial charge is 0.236 e. The first-order valence-electron chi connectivity index (χ1n) is 6.04. The van der Waals surface area contributed by atoms with Crippen molar-refractivity contribution < 1.29 is 4.79 Å². The molecule has 96 valence electrons. The maximum absolute atomic E-state index is 11.6. The second-order valence-corrected chi connectivity index (χ2v) is 4.86. The van der Waals surface area contributed by atoms with Gasteiger partial charge in [0.05, 0.1) is 6.54 Å². The zero-order valence-corrected chi connectivity index (χ0v) is 11.4. The lowest BCUT2D eigenvalue weighted by molar-refractivity contribution is -0.130. The Morgan fingerprint density at radius 3 is 2.19 bits per heavy atom. The second kappa shape index (κ2) is 7.63. The van der Waals surface area contributed by atoms with Crippen LogP contribution in [0.15, 0.2) is 0 Å². The molecular formula is C12H27N3O. The van der Waals surface area contributed by atoms with E-state index >= 15 is 0 Å². The summed E-state index contributed by atoms with van der Waals surface area (Å²) in [6, 6.07) is 0. The standard InChI is InChI=1S/C12H27N3O/c1-6-15(9-12(16)14(4)5)8-11(7-13)10(2)3/h10-11H,6-9,13H2,1-5H3. The lowest BCUT2D eigenvalue weighted by Gasteiger charge is -2.28. The van der Waals surface area contributed by atoms with Gasteiger partial charge < -0.3 is 10.6 Å². The summed E-state index contributed by atoms with van der Waals surface area (Å²) < 4.78 is 0. The number of nitrogens with zero attached hydrogens (tertiary/aromatic N) is 2. The molecule has 0 bridgehead atoms. The van der Waals surface area contributed by atoms with E-state index in [0.29, 0.717) is 24.9 Å². The van der Waals surface area contributed by atoms with Gasteiger partial charge in [0.15, 0.2) is 0 Å². The molecule has 0 fully saturated rings. The Hall–Kier alpha value is -0.610. The molecular weight excluding hydrogens is 202 g/mol. The lowest BCUT2D eigenvalue weighted by atomic mass is 9.95. The highest BCUT2D eigenvalue weighted by atomic mass is 16.2. The van der Waals surface area contributed by atoms with Crippen molar-refractivity contribution in [1.29, 1.82) is 0 Å². The lowest BCUT2D eigenvalue weighted by Crippen LogP contribution is -2.41. The summed E-state index contributed by atoms with van der Waals surface area (Å²) in [6.07, 6.45) is 0. The van der Waals surface area contributed by atoms with Gasteiger partial charge in [0.25, 0.3) is 0 Å². The van der Waals surface area contributed by atoms with Gasteiger partial charge in [-0.1, -0.05) is 20.8 Å². The van der Waals surface area contributed by atoms with Gasteiger partial charge in [0.1, 0.15) is 0 Å². The minimum atomic E-state index is 0.154. The van der Waals surface area contributed by atoms with Crippen molar-refractivity contribution in [3.63, 3.8) is 0 Å². The van der Waals surface area contributed by atoms with Crippen molar-refractivity contribution in [2.75, 3.05) is 40.3 Å². The molecule has 1 unspecified atom stereocenters. The van der Waals surface area contributed by atoms with Gasteiger partial charge in [-0.15, -0.1) is 0 Å². The molecule has 4 nitrogen and oxygen atoms in total. The van der Waals surface area contributed by atoms with E-state index in [9.17, 15) is 4.79 Å². The average Bonchev–Trinajstić information content (AvgIpc) is 2.22. The summed E-state index contributed by atoms with van der Waals surface area (Å²) >= 11 is 0. The first-order chi connectivity index (χ1) is 7.42. The maximum Gasteiger partial charge on any atom is 0.236 e. The fraction of sp³-hybridized carbons (Fsp3) is 0.917. The summed E-state index contributed by atoms with van der Waals surface area (Å²) in [5.74, 6) is 1.18. The molecule has 0 aromatic heterocycles. The first-order valence-corrected chi connectivity index (χ1v) is 6.04. The summed E-state index contributed by atoms with van der Waals surface area (Å²) in [7, 11) is 3.58. The van der Waals surface area contributed by atoms with E-state index in [2.05, 4.69) is 25.7 Å². The number of nitrogens with two attached hydrogens (primary N) is 1. The van der Waals surface area contributed by atoms with E-state index in [4.69, 9.17) is 5.73 Å². The maximum atomic E-state index is 11.6. The minimum Gasteiger partial charge on any atom is -0.348 e. The Labute approximate surface area is 99.8 Å². The fourth-order valence-corrected chi connectivity index (χ4v) is 1.53. The molecule has 1 atom stereocenters. The van der Waals surface area contributed by atoms with Gasteiger partial charge in [0.2, 0.25) is 5.91 Å². The number of carbonyl (C=O) groups is 1. The molecule has 0 aliphatic carbocycles. The van der Waals surface area contributed by atoms with Crippen LogP contribution in [-0.2, 0) is 4.79 Å². The fourth-order valence-electron chi connectivity index (χ4n) is 1.53. The van der Waals surface area contributed by atoms with E-state index in [1.54, 1.807) is 19.0 Å². The van der Waals surface area contributed by atoms with Gasteiger partial charge >= 0.3 is 0 Å². The quantitative estimate of drug-likeness (QED) is 0.696. The van der Waals surface area contributed by atoms with Crippen LogP contribution in [0.3, 0.4) is 0 Å². The molecule has 2 N–H and O–H groups in total. The summed E-state index contributed by atoms with van der Waals surface area (Å²) in [6.45, 7) is 9.42. The van der Waals surface area contributed by atoms with Gasteiger partial charge in [0, 0.05) is 20.6 Å².